The lowest BCUT2D eigenvalue weighted by Gasteiger charge is -2.10. The molecule has 4 nitrogen and oxygen atoms in total. The molecule has 0 aliphatic rings. The SMILES string of the molecule is Cc1cc(C)c(C(=O)NCCSCCCO)cc1N. The molecule has 0 fully saturated rings. The zero-order chi connectivity index (χ0) is 14.3. The largest absolute Gasteiger partial charge is 0.398 e. The van der Waals surface area contributed by atoms with Crippen LogP contribution in [0.5, 0.6) is 0 Å². The van der Waals surface area contributed by atoms with Gasteiger partial charge in [0.25, 0.3) is 5.91 Å². The Labute approximate surface area is 118 Å². The fourth-order valence-electron chi connectivity index (χ4n) is 1.71. The van der Waals surface area contributed by atoms with Crippen LogP contribution in [0, 0.1) is 13.8 Å². The van der Waals surface area contributed by atoms with Crippen molar-refractivity contribution in [2.45, 2.75) is 20.3 Å². The topological polar surface area (TPSA) is 75.3 Å². The highest BCUT2D eigenvalue weighted by Crippen LogP contribution is 2.17. The zero-order valence-corrected chi connectivity index (χ0v) is 12.3. The van der Waals surface area contributed by atoms with E-state index >= 15 is 0 Å². The number of nitrogen functional groups attached to an aromatic ring is 1. The molecule has 0 aromatic heterocycles. The van der Waals surface area contributed by atoms with Gasteiger partial charge in [-0.15, -0.1) is 0 Å². The lowest BCUT2D eigenvalue weighted by Crippen LogP contribution is -2.26. The number of hydrogen-bond donors (Lipinski definition) is 3. The van der Waals surface area contributed by atoms with Crippen molar-refractivity contribution in [1.29, 1.82) is 0 Å². The second kappa shape index (κ2) is 8.07. The molecule has 0 atom stereocenters. The van der Waals surface area contributed by atoms with Gasteiger partial charge in [0.15, 0.2) is 0 Å². The Kier molecular flexibility index (Phi) is 6.73. The van der Waals surface area contributed by atoms with E-state index in [9.17, 15) is 4.79 Å². The minimum absolute atomic E-state index is 0.0769. The lowest BCUT2D eigenvalue weighted by molar-refractivity contribution is 0.0955. The van der Waals surface area contributed by atoms with Crippen molar-refractivity contribution in [2.24, 2.45) is 0 Å². The average molecular weight is 282 g/mol. The van der Waals surface area contributed by atoms with E-state index in [0.717, 1.165) is 29.1 Å². The van der Waals surface area contributed by atoms with E-state index in [-0.39, 0.29) is 12.5 Å². The summed E-state index contributed by atoms with van der Waals surface area (Å²) >= 11 is 1.73. The van der Waals surface area contributed by atoms with Crippen LogP contribution in [-0.4, -0.2) is 35.7 Å². The van der Waals surface area contributed by atoms with Crippen LogP contribution in [0.4, 0.5) is 5.69 Å². The number of anilines is 1. The molecule has 1 aromatic carbocycles. The van der Waals surface area contributed by atoms with E-state index in [1.165, 1.54) is 0 Å². The maximum atomic E-state index is 12.0. The molecule has 0 aliphatic heterocycles. The molecule has 5 heteroatoms. The predicted octanol–water partition coefficient (Wildman–Crippen LogP) is 1.73. The van der Waals surface area contributed by atoms with Crippen LogP contribution in [0.15, 0.2) is 12.1 Å². The zero-order valence-electron chi connectivity index (χ0n) is 11.5. The smallest absolute Gasteiger partial charge is 0.251 e. The summed E-state index contributed by atoms with van der Waals surface area (Å²) in [6.07, 6.45) is 0.798. The molecule has 1 aromatic rings. The van der Waals surface area contributed by atoms with Gasteiger partial charge in [0.2, 0.25) is 0 Å². The van der Waals surface area contributed by atoms with Crippen LogP contribution in [0.25, 0.3) is 0 Å². The average Bonchev–Trinajstić information content (AvgIpc) is 2.37. The molecular weight excluding hydrogens is 260 g/mol. The molecule has 0 saturated carbocycles. The standard InChI is InChI=1S/C14H22N2O2S/c1-10-8-11(2)13(15)9-12(10)14(18)16-4-7-19-6-3-5-17/h8-9,17H,3-7,15H2,1-2H3,(H,16,18). The Balaban J connectivity index is 2.43. The summed E-state index contributed by atoms with van der Waals surface area (Å²) in [6, 6.07) is 3.67. The van der Waals surface area contributed by atoms with Crippen LogP contribution < -0.4 is 11.1 Å². The van der Waals surface area contributed by atoms with Crippen molar-refractivity contribution in [2.75, 3.05) is 30.4 Å². The number of carbonyl (C=O) groups excluding carboxylic acids is 1. The molecule has 0 radical (unpaired) electrons. The van der Waals surface area contributed by atoms with Gasteiger partial charge in [-0.05, 0) is 43.2 Å². The van der Waals surface area contributed by atoms with E-state index in [2.05, 4.69) is 5.32 Å². The Bertz CT molecular complexity index is 436. The summed E-state index contributed by atoms with van der Waals surface area (Å²) in [4.78, 5) is 12.0. The minimum atomic E-state index is -0.0769. The number of carbonyl (C=O) groups is 1. The lowest BCUT2D eigenvalue weighted by atomic mass is 10.0. The van der Waals surface area contributed by atoms with E-state index < -0.39 is 0 Å². The first kappa shape index (κ1) is 15.9. The summed E-state index contributed by atoms with van der Waals surface area (Å²) in [5, 5.41) is 11.5. The van der Waals surface area contributed by atoms with Crippen molar-refractivity contribution < 1.29 is 9.90 Å². The normalized spacial score (nSPS) is 10.5. The molecule has 0 saturated heterocycles. The minimum Gasteiger partial charge on any atom is -0.398 e. The summed E-state index contributed by atoms with van der Waals surface area (Å²) in [5.41, 5.74) is 9.05. The number of benzene rings is 1. The summed E-state index contributed by atoms with van der Waals surface area (Å²) in [6.45, 7) is 4.70. The van der Waals surface area contributed by atoms with Gasteiger partial charge in [0, 0.05) is 30.2 Å². The van der Waals surface area contributed by atoms with Gasteiger partial charge in [-0.2, -0.15) is 11.8 Å². The molecule has 0 aliphatic carbocycles. The van der Waals surface area contributed by atoms with Gasteiger partial charge >= 0.3 is 0 Å². The van der Waals surface area contributed by atoms with E-state index in [1.54, 1.807) is 17.8 Å². The third kappa shape index (κ3) is 5.12. The molecule has 0 bridgehead atoms. The van der Waals surface area contributed by atoms with Crippen LogP contribution in [0.3, 0.4) is 0 Å². The Hall–Kier alpha value is -1.20. The molecule has 1 rings (SSSR count). The Morgan fingerprint density at radius 3 is 2.74 bits per heavy atom. The van der Waals surface area contributed by atoms with E-state index in [4.69, 9.17) is 10.8 Å². The van der Waals surface area contributed by atoms with Gasteiger partial charge in [-0.1, -0.05) is 6.07 Å². The van der Waals surface area contributed by atoms with Gasteiger partial charge in [-0.3, -0.25) is 4.79 Å². The molecule has 0 spiro atoms. The second-order valence-corrected chi connectivity index (χ2v) is 5.69. The second-order valence-electron chi connectivity index (χ2n) is 4.47. The number of nitrogens with two attached hydrogens (primary N) is 1. The van der Waals surface area contributed by atoms with Gasteiger partial charge in [0.05, 0.1) is 0 Å². The van der Waals surface area contributed by atoms with Crippen LogP contribution in [0.2, 0.25) is 0 Å². The van der Waals surface area contributed by atoms with Crippen molar-refractivity contribution in [3.05, 3.63) is 28.8 Å². The van der Waals surface area contributed by atoms with Crippen LogP contribution in [0.1, 0.15) is 27.9 Å². The third-order valence-electron chi connectivity index (χ3n) is 2.84. The van der Waals surface area contributed by atoms with Crippen molar-refractivity contribution in [3.8, 4) is 0 Å². The molecule has 0 unspecified atom stereocenters. The van der Waals surface area contributed by atoms with Crippen LogP contribution in [-0.2, 0) is 0 Å². The quantitative estimate of drug-likeness (QED) is 0.526. The first-order chi connectivity index (χ1) is 9.06. The van der Waals surface area contributed by atoms with Crippen molar-refractivity contribution in [3.63, 3.8) is 0 Å². The number of aryl methyl sites for hydroxylation is 2. The fourth-order valence-corrected chi connectivity index (χ4v) is 2.50. The van der Waals surface area contributed by atoms with E-state index in [1.807, 2.05) is 19.9 Å². The van der Waals surface area contributed by atoms with Crippen LogP contribution >= 0.6 is 11.8 Å². The Morgan fingerprint density at radius 1 is 1.32 bits per heavy atom. The third-order valence-corrected chi connectivity index (χ3v) is 3.91. The summed E-state index contributed by atoms with van der Waals surface area (Å²) in [5.74, 6) is 1.70. The molecule has 19 heavy (non-hydrogen) atoms. The maximum absolute atomic E-state index is 12.0. The highest BCUT2D eigenvalue weighted by atomic mass is 32.2. The van der Waals surface area contributed by atoms with E-state index in [0.29, 0.717) is 17.8 Å². The fraction of sp³-hybridized carbons (Fsp3) is 0.500. The number of aliphatic hydroxyl groups is 1. The maximum Gasteiger partial charge on any atom is 0.251 e. The summed E-state index contributed by atoms with van der Waals surface area (Å²) in [7, 11) is 0. The Morgan fingerprint density at radius 2 is 2.05 bits per heavy atom. The molecule has 106 valence electrons. The monoisotopic (exact) mass is 282 g/mol. The molecule has 4 N–H and O–H groups in total. The molecular formula is C14H22N2O2S. The summed E-state index contributed by atoms with van der Waals surface area (Å²) < 4.78 is 0. The number of amides is 1. The number of hydrogen-bond acceptors (Lipinski definition) is 4. The number of thioether (sulfide) groups is 1. The van der Waals surface area contributed by atoms with Gasteiger partial charge < -0.3 is 16.2 Å². The van der Waals surface area contributed by atoms with Crippen molar-refractivity contribution >= 4 is 23.4 Å². The van der Waals surface area contributed by atoms with Gasteiger partial charge in [-0.25, -0.2) is 0 Å². The highest BCUT2D eigenvalue weighted by molar-refractivity contribution is 7.99. The molecule has 1 amide bonds. The number of nitrogens with one attached hydrogen (secondary N) is 1. The number of rotatable bonds is 7. The number of aliphatic hydroxyl groups excluding tert-OH is 1. The predicted molar refractivity (Wildman–Crippen MR) is 81.7 cm³/mol. The van der Waals surface area contributed by atoms with Crippen molar-refractivity contribution in [1.82, 2.24) is 5.32 Å². The first-order valence-corrected chi connectivity index (χ1v) is 7.55. The molecule has 0 heterocycles. The van der Waals surface area contributed by atoms with Gasteiger partial charge in [0.1, 0.15) is 0 Å². The highest BCUT2D eigenvalue weighted by Gasteiger charge is 2.10. The first-order valence-electron chi connectivity index (χ1n) is 6.39.